The zero-order valence-corrected chi connectivity index (χ0v) is 7.81. The van der Waals surface area contributed by atoms with Crippen molar-refractivity contribution in [2.45, 2.75) is 0 Å². The maximum absolute atomic E-state index is 11.2. The Hall–Kier alpha value is -1.85. The summed E-state index contributed by atoms with van der Waals surface area (Å²) in [5.74, 6) is -0.564. The fourth-order valence-corrected chi connectivity index (χ4v) is 1.05. The lowest BCUT2D eigenvalue weighted by atomic mass is 9.90. The SMILES string of the molecule is Bc1ccc([N+](=O)[O-])cc1C(=O)OC. The van der Waals surface area contributed by atoms with Crippen LogP contribution < -0.4 is 5.46 Å². The number of non-ortho nitro benzene ring substituents is 1. The van der Waals surface area contributed by atoms with E-state index in [4.69, 9.17) is 0 Å². The van der Waals surface area contributed by atoms with Gasteiger partial charge in [0.25, 0.3) is 5.69 Å². The van der Waals surface area contributed by atoms with E-state index in [-0.39, 0.29) is 11.3 Å². The molecule has 14 heavy (non-hydrogen) atoms. The molecule has 0 saturated carbocycles. The minimum Gasteiger partial charge on any atom is -0.465 e. The number of carbonyl (C=O) groups excluding carboxylic acids is 1. The molecule has 0 aliphatic carbocycles. The van der Waals surface area contributed by atoms with E-state index < -0.39 is 10.9 Å². The van der Waals surface area contributed by atoms with Gasteiger partial charge in [0.05, 0.1) is 17.6 Å². The number of ether oxygens (including phenoxy) is 1. The second-order valence-electron chi connectivity index (χ2n) is 2.75. The van der Waals surface area contributed by atoms with Gasteiger partial charge in [-0.15, -0.1) is 0 Å². The molecule has 0 aliphatic rings. The molecule has 1 aromatic carbocycles. The summed E-state index contributed by atoms with van der Waals surface area (Å²) < 4.78 is 4.49. The molecule has 0 amide bonds. The molecule has 0 bridgehead atoms. The average Bonchev–Trinajstić information content (AvgIpc) is 2.17. The summed E-state index contributed by atoms with van der Waals surface area (Å²) in [4.78, 5) is 21.0. The summed E-state index contributed by atoms with van der Waals surface area (Å²) in [5.41, 5.74) is 0.764. The molecule has 0 N–H and O–H groups in total. The molecule has 0 aromatic heterocycles. The molecule has 6 heteroatoms. The standard InChI is InChI=1S/C8H8BNO4/c1-14-8(11)6-4-5(10(12)13)2-3-7(6)9/h2-4H,9H2,1H3. The van der Waals surface area contributed by atoms with E-state index >= 15 is 0 Å². The molecule has 0 unspecified atom stereocenters. The van der Waals surface area contributed by atoms with Crippen LogP contribution in [0.5, 0.6) is 0 Å². The summed E-state index contributed by atoms with van der Waals surface area (Å²) in [7, 11) is 2.93. The van der Waals surface area contributed by atoms with Gasteiger partial charge in [-0.1, -0.05) is 11.5 Å². The third kappa shape index (κ3) is 1.90. The first kappa shape index (κ1) is 10.2. The van der Waals surface area contributed by atoms with Crippen LogP contribution in [0.3, 0.4) is 0 Å². The Morgan fingerprint density at radius 2 is 2.21 bits per heavy atom. The minimum atomic E-state index is -0.564. The number of methoxy groups -OCH3 is 1. The fourth-order valence-electron chi connectivity index (χ4n) is 1.05. The van der Waals surface area contributed by atoms with Crippen LogP contribution in [0.15, 0.2) is 18.2 Å². The number of rotatable bonds is 2. The smallest absolute Gasteiger partial charge is 0.337 e. The summed E-state index contributed by atoms with van der Waals surface area (Å²) >= 11 is 0. The van der Waals surface area contributed by atoms with Gasteiger partial charge in [0, 0.05) is 12.1 Å². The molecule has 0 saturated heterocycles. The van der Waals surface area contributed by atoms with Crippen LogP contribution in [-0.2, 0) is 4.74 Å². The monoisotopic (exact) mass is 193 g/mol. The largest absolute Gasteiger partial charge is 0.465 e. The number of nitro groups is 1. The predicted molar refractivity (Wildman–Crippen MR) is 52.6 cm³/mol. The zero-order chi connectivity index (χ0) is 10.7. The topological polar surface area (TPSA) is 69.4 Å². The van der Waals surface area contributed by atoms with Crippen molar-refractivity contribution in [3.05, 3.63) is 33.9 Å². The molecule has 72 valence electrons. The fraction of sp³-hybridized carbons (Fsp3) is 0.125. The summed E-state index contributed by atoms with van der Waals surface area (Å²) in [6, 6.07) is 4.08. The number of esters is 1. The Kier molecular flexibility index (Phi) is 2.86. The van der Waals surface area contributed by atoms with E-state index in [0.29, 0.717) is 5.46 Å². The van der Waals surface area contributed by atoms with Crippen molar-refractivity contribution < 1.29 is 14.5 Å². The highest BCUT2D eigenvalue weighted by Gasteiger charge is 2.14. The van der Waals surface area contributed by atoms with E-state index in [1.807, 2.05) is 0 Å². The predicted octanol–water partition coefficient (Wildman–Crippen LogP) is -0.360. The molecular formula is C8H8BNO4. The quantitative estimate of drug-likeness (QED) is 0.278. The maximum Gasteiger partial charge on any atom is 0.337 e. The normalized spacial score (nSPS) is 9.50. The molecule has 0 aliphatic heterocycles. The number of benzene rings is 1. The second-order valence-corrected chi connectivity index (χ2v) is 2.75. The van der Waals surface area contributed by atoms with E-state index in [9.17, 15) is 14.9 Å². The van der Waals surface area contributed by atoms with Gasteiger partial charge in [0.1, 0.15) is 7.85 Å². The van der Waals surface area contributed by atoms with Crippen LogP contribution in [0.25, 0.3) is 0 Å². The molecule has 0 spiro atoms. The highest BCUT2D eigenvalue weighted by Crippen LogP contribution is 2.11. The van der Waals surface area contributed by atoms with Crippen molar-refractivity contribution in [1.82, 2.24) is 0 Å². The number of nitrogens with zero attached hydrogens (tertiary/aromatic N) is 1. The van der Waals surface area contributed by atoms with Gasteiger partial charge in [0.15, 0.2) is 0 Å². The first-order chi connectivity index (χ1) is 6.56. The Balaban J connectivity index is 3.21. The van der Waals surface area contributed by atoms with Gasteiger partial charge in [-0.3, -0.25) is 10.1 Å². The third-order valence-corrected chi connectivity index (χ3v) is 1.84. The number of hydrogen-bond donors (Lipinski definition) is 0. The Labute approximate surface area is 81.2 Å². The van der Waals surface area contributed by atoms with Gasteiger partial charge < -0.3 is 4.74 Å². The van der Waals surface area contributed by atoms with Crippen molar-refractivity contribution in [2.24, 2.45) is 0 Å². The molecule has 1 rings (SSSR count). The average molecular weight is 193 g/mol. The molecule has 0 atom stereocenters. The van der Waals surface area contributed by atoms with Crippen LogP contribution in [0.4, 0.5) is 5.69 Å². The first-order valence-electron chi connectivity index (χ1n) is 3.89. The Morgan fingerprint density at radius 1 is 1.57 bits per heavy atom. The molecule has 0 fully saturated rings. The minimum absolute atomic E-state index is 0.115. The van der Waals surface area contributed by atoms with E-state index in [2.05, 4.69) is 4.74 Å². The van der Waals surface area contributed by atoms with Crippen LogP contribution >= 0.6 is 0 Å². The first-order valence-corrected chi connectivity index (χ1v) is 3.89. The second kappa shape index (κ2) is 3.91. The maximum atomic E-state index is 11.2. The molecule has 5 nitrogen and oxygen atoms in total. The van der Waals surface area contributed by atoms with Crippen LogP contribution in [0.2, 0.25) is 0 Å². The van der Waals surface area contributed by atoms with Gasteiger partial charge >= 0.3 is 5.97 Å². The molecule has 1 aromatic rings. The van der Waals surface area contributed by atoms with Crippen LogP contribution in [0, 0.1) is 10.1 Å². The lowest BCUT2D eigenvalue weighted by molar-refractivity contribution is -0.384. The lowest BCUT2D eigenvalue weighted by Crippen LogP contribution is -2.17. The number of nitro benzene ring substituents is 1. The van der Waals surface area contributed by atoms with Crippen molar-refractivity contribution in [3.63, 3.8) is 0 Å². The van der Waals surface area contributed by atoms with Crippen LogP contribution in [0.1, 0.15) is 10.4 Å². The number of carbonyl (C=O) groups is 1. The molecule has 0 radical (unpaired) electrons. The van der Waals surface area contributed by atoms with E-state index in [1.54, 1.807) is 7.85 Å². The highest BCUT2D eigenvalue weighted by molar-refractivity contribution is 6.36. The zero-order valence-electron chi connectivity index (χ0n) is 7.81. The lowest BCUT2D eigenvalue weighted by Gasteiger charge is -2.02. The Bertz CT molecular complexity index is 391. The van der Waals surface area contributed by atoms with Crippen LogP contribution in [-0.4, -0.2) is 25.8 Å². The van der Waals surface area contributed by atoms with E-state index in [1.165, 1.54) is 25.3 Å². The summed E-state index contributed by atoms with van der Waals surface area (Å²) in [6.45, 7) is 0. The van der Waals surface area contributed by atoms with Gasteiger partial charge in [-0.05, 0) is 0 Å². The van der Waals surface area contributed by atoms with Gasteiger partial charge in [0.2, 0.25) is 0 Å². The van der Waals surface area contributed by atoms with E-state index in [0.717, 1.165) is 0 Å². The Morgan fingerprint density at radius 3 is 2.71 bits per heavy atom. The van der Waals surface area contributed by atoms with Gasteiger partial charge in [-0.2, -0.15) is 0 Å². The third-order valence-electron chi connectivity index (χ3n) is 1.84. The summed E-state index contributed by atoms with van der Waals surface area (Å²) in [6.07, 6.45) is 0. The highest BCUT2D eigenvalue weighted by atomic mass is 16.6. The summed E-state index contributed by atoms with van der Waals surface area (Å²) in [5, 5.41) is 10.4. The van der Waals surface area contributed by atoms with Crippen molar-refractivity contribution in [1.29, 1.82) is 0 Å². The van der Waals surface area contributed by atoms with Crippen molar-refractivity contribution in [2.75, 3.05) is 7.11 Å². The molecular weight excluding hydrogens is 185 g/mol. The van der Waals surface area contributed by atoms with Crippen molar-refractivity contribution >= 4 is 25.0 Å². The molecule has 0 heterocycles. The van der Waals surface area contributed by atoms with Crippen molar-refractivity contribution in [3.8, 4) is 0 Å². The van der Waals surface area contributed by atoms with Gasteiger partial charge in [-0.25, -0.2) is 4.79 Å². The number of hydrogen-bond acceptors (Lipinski definition) is 4.